The van der Waals surface area contributed by atoms with E-state index in [0.29, 0.717) is 5.92 Å². The van der Waals surface area contributed by atoms with Gasteiger partial charge in [0.25, 0.3) is 0 Å². The Kier molecular flexibility index (Phi) is 5.74. The maximum absolute atomic E-state index is 5.17. The summed E-state index contributed by atoms with van der Waals surface area (Å²) in [4.78, 5) is 0. The zero-order valence-corrected chi connectivity index (χ0v) is 7.82. The maximum atomic E-state index is 5.17. The van der Waals surface area contributed by atoms with E-state index in [0.717, 1.165) is 12.8 Å². The zero-order chi connectivity index (χ0) is 8.69. The van der Waals surface area contributed by atoms with E-state index in [4.69, 9.17) is 5.73 Å². The quantitative estimate of drug-likeness (QED) is 0.382. The average Bonchev–Trinajstić information content (AvgIpc) is 1.98. The third-order valence-electron chi connectivity index (χ3n) is 1.51. The monoisotopic (exact) mass is 173 g/mol. The van der Waals surface area contributed by atoms with Gasteiger partial charge in [0.1, 0.15) is 0 Å². The molecule has 0 rings (SSSR count). The van der Waals surface area contributed by atoms with Crippen LogP contribution in [-0.4, -0.2) is 11.3 Å². The molecular formula is C7H15N3S. The fourth-order valence-corrected chi connectivity index (χ4v) is 0.758. The second-order valence-corrected chi connectivity index (χ2v) is 2.77. The lowest BCUT2D eigenvalue weighted by Crippen LogP contribution is -2.24. The third kappa shape index (κ3) is 5.79. The molecule has 0 heterocycles. The van der Waals surface area contributed by atoms with Crippen LogP contribution in [0.5, 0.6) is 0 Å². The molecule has 0 aromatic heterocycles. The van der Waals surface area contributed by atoms with Gasteiger partial charge in [-0.05, 0) is 31.0 Å². The summed E-state index contributed by atoms with van der Waals surface area (Å²) in [5.74, 6) is 0.525. The van der Waals surface area contributed by atoms with E-state index >= 15 is 0 Å². The summed E-state index contributed by atoms with van der Waals surface area (Å²) in [6.45, 7) is 4.25. The summed E-state index contributed by atoms with van der Waals surface area (Å²) in [7, 11) is 0. The summed E-state index contributed by atoms with van der Waals surface area (Å²) in [6.07, 6.45) is 4.04. The van der Waals surface area contributed by atoms with Crippen molar-refractivity contribution in [3.63, 3.8) is 0 Å². The predicted octanol–water partition coefficient (Wildman–Crippen LogP) is 1.24. The highest BCUT2D eigenvalue weighted by Crippen LogP contribution is 2.02. The van der Waals surface area contributed by atoms with Crippen LogP contribution >= 0.6 is 12.2 Å². The molecule has 0 fully saturated rings. The van der Waals surface area contributed by atoms with E-state index in [1.165, 1.54) is 0 Å². The lowest BCUT2D eigenvalue weighted by molar-refractivity contribution is 0.651. The highest BCUT2D eigenvalue weighted by Gasteiger charge is 1.96. The maximum Gasteiger partial charge on any atom is 0.184 e. The fourth-order valence-electron chi connectivity index (χ4n) is 0.706. The molecule has 0 radical (unpaired) electrons. The Morgan fingerprint density at radius 2 is 2.18 bits per heavy atom. The molecule has 11 heavy (non-hydrogen) atoms. The first-order valence-corrected chi connectivity index (χ1v) is 4.20. The molecule has 0 atom stereocenters. The standard InChI is InChI=1S/C7H15N3S/c1-3-6(4-2)5-9-10-7(8)11/h5-6H,3-4H2,1-2H3,(H3,8,10,11)/b9-5+. The Hall–Kier alpha value is -0.640. The summed E-state index contributed by atoms with van der Waals surface area (Å²) >= 11 is 4.57. The third-order valence-corrected chi connectivity index (χ3v) is 1.60. The van der Waals surface area contributed by atoms with Crippen LogP contribution in [0.3, 0.4) is 0 Å². The summed E-state index contributed by atoms with van der Waals surface area (Å²) in [6, 6.07) is 0. The van der Waals surface area contributed by atoms with Crippen LogP contribution in [0.15, 0.2) is 5.10 Å². The molecule has 0 aliphatic heterocycles. The Morgan fingerprint density at radius 3 is 2.55 bits per heavy atom. The molecule has 0 saturated heterocycles. The smallest absolute Gasteiger partial charge is 0.184 e. The molecule has 0 spiro atoms. The number of hydrogen-bond acceptors (Lipinski definition) is 2. The van der Waals surface area contributed by atoms with Crippen LogP contribution in [0.25, 0.3) is 0 Å². The molecular weight excluding hydrogens is 158 g/mol. The number of rotatable bonds is 4. The van der Waals surface area contributed by atoms with Crippen molar-refractivity contribution in [1.29, 1.82) is 0 Å². The van der Waals surface area contributed by atoms with Crippen molar-refractivity contribution >= 4 is 23.5 Å². The first-order valence-electron chi connectivity index (χ1n) is 3.79. The molecule has 0 aliphatic rings. The number of hydrazone groups is 1. The van der Waals surface area contributed by atoms with Crippen molar-refractivity contribution in [1.82, 2.24) is 5.43 Å². The minimum Gasteiger partial charge on any atom is -0.375 e. The predicted molar refractivity (Wildman–Crippen MR) is 52.5 cm³/mol. The zero-order valence-electron chi connectivity index (χ0n) is 7.00. The Bertz CT molecular complexity index is 141. The average molecular weight is 173 g/mol. The largest absolute Gasteiger partial charge is 0.375 e. The highest BCUT2D eigenvalue weighted by molar-refractivity contribution is 7.80. The normalized spacial score (nSPS) is 10.8. The van der Waals surface area contributed by atoms with Crippen LogP contribution in [0.4, 0.5) is 0 Å². The molecule has 64 valence electrons. The van der Waals surface area contributed by atoms with Gasteiger partial charge in [0.15, 0.2) is 5.11 Å². The van der Waals surface area contributed by atoms with E-state index in [9.17, 15) is 0 Å². The van der Waals surface area contributed by atoms with Gasteiger partial charge in [0.2, 0.25) is 0 Å². The van der Waals surface area contributed by atoms with Crippen molar-refractivity contribution < 1.29 is 0 Å². The van der Waals surface area contributed by atoms with Crippen LogP contribution < -0.4 is 11.2 Å². The van der Waals surface area contributed by atoms with E-state index in [1.54, 1.807) is 0 Å². The molecule has 0 amide bonds. The van der Waals surface area contributed by atoms with Gasteiger partial charge in [-0.2, -0.15) is 5.10 Å². The lowest BCUT2D eigenvalue weighted by atomic mass is 10.1. The second kappa shape index (κ2) is 6.09. The first kappa shape index (κ1) is 10.4. The number of nitrogens with zero attached hydrogens (tertiary/aromatic N) is 1. The molecule has 0 bridgehead atoms. The Labute approximate surface area is 73.0 Å². The van der Waals surface area contributed by atoms with E-state index < -0.39 is 0 Å². The van der Waals surface area contributed by atoms with Crippen LogP contribution in [-0.2, 0) is 0 Å². The minimum atomic E-state index is 0.215. The number of thiocarbonyl (C=S) groups is 1. The molecule has 0 unspecified atom stereocenters. The molecule has 0 aromatic carbocycles. The number of nitrogens with two attached hydrogens (primary N) is 1. The molecule has 0 saturated carbocycles. The molecule has 3 N–H and O–H groups in total. The lowest BCUT2D eigenvalue weighted by Gasteiger charge is -2.03. The van der Waals surface area contributed by atoms with E-state index in [-0.39, 0.29) is 5.11 Å². The fraction of sp³-hybridized carbons (Fsp3) is 0.714. The Morgan fingerprint density at radius 1 is 1.64 bits per heavy atom. The van der Waals surface area contributed by atoms with Gasteiger partial charge in [0.05, 0.1) is 0 Å². The first-order chi connectivity index (χ1) is 5.20. The van der Waals surface area contributed by atoms with Crippen molar-refractivity contribution in [3.05, 3.63) is 0 Å². The van der Waals surface area contributed by atoms with E-state index in [1.807, 2.05) is 6.21 Å². The summed E-state index contributed by atoms with van der Waals surface area (Å²) < 4.78 is 0. The van der Waals surface area contributed by atoms with Crippen molar-refractivity contribution in [2.75, 3.05) is 0 Å². The van der Waals surface area contributed by atoms with E-state index in [2.05, 4.69) is 36.6 Å². The van der Waals surface area contributed by atoms with Gasteiger partial charge in [0, 0.05) is 6.21 Å². The summed E-state index contributed by atoms with van der Waals surface area (Å²) in [5, 5.41) is 4.09. The van der Waals surface area contributed by atoms with Gasteiger partial charge >= 0.3 is 0 Å². The van der Waals surface area contributed by atoms with Gasteiger partial charge in [-0.15, -0.1) is 0 Å². The van der Waals surface area contributed by atoms with Gasteiger partial charge in [-0.25, -0.2) is 0 Å². The molecule has 0 aliphatic carbocycles. The van der Waals surface area contributed by atoms with Crippen LogP contribution in [0.1, 0.15) is 26.7 Å². The van der Waals surface area contributed by atoms with Gasteiger partial charge in [-0.1, -0.05) is 13.8 Å². The molecule has 4 heteroatoms. The van der Waals surface area contributed by atoms with Crippen molar-refractivity contribution in [3.8, 4) is 0 Å². The van der Waals surface area contributed by atoms with Crippen molar-refractivity contribution in [2.45, 2.75) is 26.7 Å². The van der Waals surface area contributed by atoms with Crippen molar-refractivity contribution in [2.24, 2.45) is 16.8 Å². The second-order valence-electron chi connectivity index (χ2n) is 2.33. The van der Waals surface area contributed by atoms with Crippen LogP contribution in [0.2, 0.25) is 0 Å². The molecule has 0 aromatic rings. The highest BCUT2D eigenvalue weighted by atomic mass is 32.1. The topological polar surface area (TPSA) is 50.4 Å². The summed E-state index contributed by atoms with van der Waals surface area (Å²) in [5.41, 5.74) is 7.69. The van der Waals surface area contributed by atoms with Gasteiger partial charge < -0.3 is 5.73 Å². The van der Waals surface area contributed by atoms with Gasteiger partial charge in [-0.3, -0.25) is 5.43 Å². The SMILES string of the molecule is CCC(/C=N/NC(N)=S)CC. The number of hydrogen-bond donors (Lipinski definition) is 2. The molecule has 3 nitrogen and oxygen atoms in total. The van der Waals surface area contributed by atoms with Crippen LogP contribution in [0, 0.1) is 5.92 Å². The number of nitrogens with one attached hydrogen (secondary N) is 1. The minimum absolute atomic E-state index is 0.215. The Balaban J connectivity index is 3.61.